The Balaban J connectivity index is 1.34. The van der Waals surface area contributed by atoms with Crippen LogP contribution < -0.4 is 9.47 Å². The third-order valence-electron chi connectivity index (χ3n) is 5.68. The lowest BCUT2D eigenvalue weighted by Gasteiger charge is -2.31. The first-order valence-electron chi connectivity index (χ1n) is 10.3. The first kappa shape index (κ1) is 20.0. The number of hydrogen-bond acceptors (Lipinski definition) is 8. The number of methoxy groups -OCH3 is 1. The summed E-state index contributed by atoms with van der Waals surface area (Å²) in [5, 5.41) is 8.42. The summed E-state index contributed by atoms with van der Waals surface area (Å²) in [7, 11) is 1.30. The summed E-state index contributed by atoms with van der Waals surface area (Å²) in [6, 6.07) is 12.1. The molecule has 2 aromatic carbocycles. The van der Waals surface area contributed by atoms with Gasteiger partial charge in [0.25, 0.3) is 5.91 Å². The number of carbonyl (C=O) groups excluding carboxylic acids is 2. The Kier molecular flexibility index (Phi) is 5.22. The average Bonchev–Trinajstić information content (AvgIpc) is 3.52. The SMILES string of the molecule is COC(=O)c1ccccc1C(=O)N1CCCC(c2nnc(-c3ccc4c(c3)OCO4)o2)C1. The molecule has 1 amide bonds. The first-order chi connectivity index (χ1) is 15.6. The molecule has 0 aliphatic carbocycles. The summed E-state index contributed by atoms with van der Waals surface area (Å²) >= 11 is 0. The maximum atomic E-state index is 13.2. The molecule has 0 radical (unpaired) electrons. The summed E-state index contributed by atoms with van der Waals surface area (Å²) in [6.07, 6.45) is 1.61. The Hall–Kier alpha value is -3.88. The van der Waals surface area contributed by atoms with Crippen molar-refractivity contribution in [2.45, 2.75) is 18.8 Å². The van der Waals surface area contributed by atoms with E-state index in [0.29, 0.717) is 41.9 Å². The Morgan fingerprint density at radius 3 is 2.72 bits per heavy atom. The van der Waals surface area contributed by atoms with E-state index in [1.54, 1.807) is 41.3 Å². The van der Waals surface area contributed by atoms with Gasteiger partial charge in [0.2, 0.25) is 18.6 Å². The molecule has 1 aromatic heterocycles. The number of carbonyl (C=O) groups is 2. The van der Waals surface area contributed by atoms with E-state index in [0.717, 1.165) is 18.4 Å². The maximum Gasteiger partial charge on any atom is 0.338 e. The van der Waals surface area contributed by atoms with E-state index in [-0.39, 0.29) is 24.2 Å². The first-order valence-corrected chi connectivity index (χ1v) is 10.3. The summed E-state index contributed by atoms with van der Waals surface area (Å²) in [6.45, 7) is 1.21. The molecule has 3 aromatic rings. The van der Waals surface area contributed by atoms with E-state index in [9.17, 15) is 9.59 Å². The molecule has 1 saturated heterocycles. The molecular formula is C23H21N3O6. The van der Waals surface area contributed by atoms with Gasteiger partial charge in [0.15, 0.2) is 11.5 Å². The number of benzene rings is 2. The topological polar surface area (TPSA) is 104 Å². The minimum absolute atomic E-state index is 0.0896. The van der Waals surface area contributed by atoms with Crippen LogP contribution in [0.1, 0.15) is 45.4 Å². The minimum Gasteiger partial charge on any atom is -0.465 e. The largest absolute Gasteiger partial charge is 0.465 e. The monoisotopic (exact) mass is 435 g/mol. The molecular weight excluding hydrogens is 414 g/mol. The molecule has 32 heavy (non-hydrogen) atoms. The molecule has 1 unspecified atom stereocenters. The lowest BCUT2D eigenvalue weighted by atomic mass is 9.96. The lowest BCUT2D eigenvalue weighted by molar-refractivity contribution is 0.0585. The molecule has 1 fully saturated rings. The zero-order chi connectivity index (χ0) is 22.1. The van der Waals surface area contributed by atoms with Crippen LogP contribution in [0.15, 0.2) is 46.9 Å². The number of ether oxygens (including phenoxy) is 3. The van der Waals surface area contributed by atoms with Crippen molar-refractivity contribution in [3.63, 3.8) is 0 Å². The maximum absolute atomic E-state index is 13.2. The fourth-order valence-corrected chi connectivity index (χ4v) is 4.04. The summed E-state index contributed by atoms with van der Waals surface area (Å²) < 4.78 is 21.5. The molecule has 0 N–H and O–H groups in total. The van der Waals surface area contributed by atoms with Crippen molar-refractivity contribution in [2.24, 2.45) is 0 Å². The van der Waals surface area contributed by atoms with Gasteiger partial charge in [-0.05, 0) is 43.2 Å². The Bertz CT molecular complexity index is 1170. The van der Waals surface area contributed by atoms with Crippen LogP contribution in [0.25, 0.3) is 11.5 Å². The van der Waals surface area contributed by atoms with Crippen molar-refractivity contribution >= 4 is 11.9 Å². The van der Waals surface area contributed by atoms with E-state index in [4.69, 9.17) is 18.6 Å². The fourth-order valence-electron chi connectivity index (χ4n) is 4.04. The average molecular weight is 435 g/mol. The van der Waals surface area contributed by atoms with Crippen molar-refractivity contribution < 1.29 is 28.2 Å². The zero-order valence-corrected chi connectivity index (χ0v) is 17.4. The van der Waals surface area contributed by atoms with Crippen molar-refractivity contribution in [1.82, 2.24) is 15.1 Å². The highest BCUT2D eigenvalue weighted by Crippen LogP contribution is 2.36. The number of amides is 1. The second-order valence-electron chi connectivity index (χ2n) is 7.64. The second kappa shape index (κ2) is 8.33. The van der Waals surface area contributed by atoms with Crippen molar-refractivity contribution in [3.8, 4) is 23.0 Å². The number of aromatic nitrogens is 2. The highest BCUT2D eigenvalue weighted by atomic mass is 16.7. The van der Waals surface area contributed by atoms with Gasteiger partial charge in [0, 0.05) is 18.7 Å². The van der Waals surface area contributed by atoms with Gasteiger partial charge in [-0.15, -0.1) is 10.2 Å². The van der Waals surface area contributed by atoms with Gasteiger partial charge >= 0.3 is 5.97 Å². The van der Waals surface area contributed by atoms with Gasteiger partial charge in [-0.2, -0.15) is 0 Å². The number of nitrogens with zero attached hydrogens (tertiary/aromatic N) is 3. The molecule has 9 heteroatoms. The van der Waals surface area contributed by atoms with Crippen LogP contribution in [0.3, 0.4) is 0 Å². The predicted octanol–water partition coefficient (Wildman–Crippen LogP) is 3.27. The summed E-state index contributed by atoms with van der Waals surface area (Å²) in [5.41, 5.74) is 1.32. The second-order valence-corrected chi connectivity index (χ2v) is 7.64. The van der Waals surface area contributed by atoms with Crippen LogP contribution in [0, 0.1) is 0 Å². The summed E-state index contributed by atoms with van der Waals surface area (Å²) in [5.74, 6) is 1.35. The van der Waals surface area contributed by atoms with Gasteiger partial charge in [0.05, 0.1) is 24.2 Å². The van der Waals surface area contributed by atoms with Crippen LogP contribution in [0.4, 0.5) is 0 Å². The highest BCUT2D eigenvalue weighted by molar-refractivity contribution is 6.05. The van der Waals surface area contributed by atoms with Crippen LogP contribution in [-0.2, 0) is 4.74 Å². The van der Waals surface area contributed by atoms with Crippen molar-refractivity contribution in [2.75, 3.05) is 27.0 Å². The zero-order valence-electron chi connectivity index (χ0n) is 17.4. The fraction of sp³-hybridized carbons (Fsp3) is 0.304. The van der Waals surface area contributed by atoms with Crippen molar-refractivity contribution in [3.05, 3.63) is 59.5 Å². The molecule has 0 saturated carbocycles. The number of piperidine rings is 1. The van der Waals surface area contributed by atoms with Gasteiger partial charge < -0.3 is 23.5 Å². The number of fused-ring (bicyclic) bond motifs is 1. The van der Waals surface area contributed by atoms with Crippen LogP contribution >= 0.6 is 0 Å². The van der Waals surface area contributed by atoms with Gasteiger partial charge in [-0.1, -0.05) is 12.1 Å². The van der Waals surface area contributed by atoms with E-state index in [1.807, 2.05) is 6.07 Å². The normalized spacial score (nSPS) is 17.3. The number of hydrogen-bond donors (Lipinski definition) is 0. The summed E-state index contributed by atoms with van der Waals surface area (Å²) in [4.78, 5) is 27.0. The Morgan fingerprint density at radius 1 is 1.06 bits per heavy atom. The molecule has 3 heterocycles. The predicted molar refractivity (Wildman–Crippen MR) is 112 cm³/mol. The van der Waals surface area contributed by atoms with E-state index >= 15 is 0 Å². The Labute approximate surface area is 183 Å². The number of esters is 1. The quantitative estimate of drug-likeness (QED) is 0.575. The molecule has 164 valence electrons. The van der Waals surface area contributed by atoms with E-state index < -0.39 is 5.97 Å². The number of likely N-dealkylation sites (tertiary alicyclic amines) is 1. The highest BCUT2D eigenvalue weighted by Gasteiger charge is 2.31. The molecule has 0 spiro atoms. The van der Waals surface area contributed by atoms with E-state index in [2.05, 4.69) is 10.2 Å². The van der Waals surface area contributed by atoms with E-state index in [1.165, 1.54) is 7.11 Å². The molecule has 9 nitrogen and oxygen atoms in total. The molecule has 2 aliphatic rings. The van der Waals surface area contributed by atoms with Crippen molar-refractivity contribution in [1.29, 1.82) is 0 Å². The van der Waals surface area contributed by atoms with Gasteiger partial charge in [-0.3, -0.25) is 4.79 Å². The molecule has 5 rings (SSSR count). The van der Waals surface area contributed by atoms with Crippen LogP contribution in [-0.4, -0.2) is 54.0 Å². The molecule has 0 bridgehead atoms. The van der Waals surface area contributed by atoms with Gasteiger partial charge in [-0.25, -0.2) is 4.79 Å². The third kappa shape index (κ3) is 3.66. The standard InChI is InChI=1S/C23H21N3O6/c1-29-23(28)17-7-3-2-6-16(17)22(27)26-10-4-5-15(12-26)21-25-24-20(32-21)14-8-9-18-19(11-14)31-13-30-18/h2-3,6-9,11,15H,4-5,10,12-13H2,1H3. The van der Waals surface area contributed by atoms with Crippen LogP contribution in [0.5, 0.6) is 11.5 Å². The molecule has 2 aliphatic heterocycles. The smallest absolute Gasteiger partial charge is 0.338 e. The molecule has 1 atom stereocenters. The Morgan fingerprint density at radius 2 is 1.88 bits per heavy atom. The lowest BCUT2D eigenvalue weighted by Crippen LogP contribution is -2.39. The minimum atomic E-state index is -0.534. The van der Waals surface area contributed by atoms with Crippen LogP contribution in [0.2, 0.25) is 0 Å². The number of rotatable bonds is 4. The third-order valence-corrected chi connectivity index (χ3v) is 5.68. The van der Waals surface area contributed by atoms with Gasteiger partial charge in [0.1, 0.15) is 0 Å².